The van der Waals surface area contributed by atoms with Crippen LogP contribution in [0.15, 0.2) is 54.6 Å². The van der Waals surface area contributed by atoms with E-state index in [-0.39, 0.29) is 42.5 Å². The summed E-state index contributed by atoms with van der Waals surface area (Å²) in [4.78, 5) is 78.4. The van der Waals surface area contributed by atoms with Crippen LogP contribution in [0.1, 0.15) is 115 Å². The van der Waals surface area contributed by atoms with E-state index in [1.54, 1.807) is 0 Å². The van der Waals surface area contributed by atoms with Crippen LogP contribution in [0.3, 0.4) is 0 Å². The molecular weight excluding hydrogens is 1300 g/mol. The van der Waals surface area contributed by atoms with E-state index in [2.05, 4.69) is 37.7 Å². The first-order valence-corrected chi connectivity index (χ1v) is 32.0. The lowest BCUT2D eigenvalue weighted by atomic mass is 9.78. The summed E-state index contributed by atoms with van der Waals surface area (Å²) >= 11 is 6.79. The summed E-state index contributed by atoms with van der Waals surface area (Å²) in [6.07, 6.45) is -11.4. The van der Waals surface area contributed by atoms with Crippen molar-refractivity contribution >= 4 is 79.7 Å². The number of nitrogens with one attached hydrogen (secondary N) is 2. The summed E-state index contributed by atoms with van der Waals surface area (Å²) in [7, 11) is -14.7. The van der Waals surface area contributed by atoms with Gasteiger partial charge in [0.25, 0.3) is 11.8 Å². The molecule has 1 saturated carbocycles. The molecule has 3 heterocycles. The number of rotatable bonds is 19. The number of aromatic nitrogens is 5. The Kier molecular flexibility index (Phi) is 17.9. The van der Waals surface area contributed by atoms with Crippen LogP contribution in [0.4, 0.5) is 49.7 Å². The summed E-state index contributed by atoms with van der Waals surface area (Å²) in [6.45, 7) is 3.78. The molecule has 0 bridgehead atoms. The highest BCUT2D eigenvalue weighted by Gasteiger charge is 2.68. The highest BCUT2D eigenvalue weighted by atomic mass is 35.5. The van der Waals surface area contributed by atoms with Crippen molar-refractivity contribution in [2.75, 3.05) is 16.8 Å². The lowest BCUT2D eigenvalue weighted by molar-refractivity contribution is -0.143. The molecule has 0 spiro atoms. The van der Waals surface area contributed by atoms with Crippen LogP contribution in [-0.4, -0.2) is 109 Å². The Balaban J connectivity index is 1.34. The first kappa shape index (κ1) is 68.3. The number of benzene rings is 3. The number of pyridine rings is 1. The highest BCUT2D eigenvalue weighted by Crippen LogP contribution is 2.68. The zero-order chi connectivity index (χ0) is 67.3. The molecule has 21 nitrogen and oxygen atoms in total. The van der Waals surface area contributed by atoms with Crippen LogP contribution in [0, 0.1) is 36.3 Å². The smallest absolute Gasteiger partial charge is 0.480 e. The maximum absolute atomic E-state index is 15.8. The standard InChI is InChI=1S/C55H52ClF10N8O13PS2/c1-25-15-28(49(77)67-26(2)50(78)79)19-38(87-88(80,81)82)43(25)51(3,4)22-40(76)74(90(8,85)86)48-42-36(56)12-11-33(45(42)73(71-48)24-53(59,60)61)32-10-9-31(13-14-52(5,6)89(7,83)84)68-44(32)37(18-27-16-29(57)20-30(58)17-27)69-39(75)23-72-47-41(46(70-72)55(64,65)66)34-21-35(34)54(47,62)63/h9-12,15-17,19-20,26,34-35,37H,18,21-24H2,1-8H3,(H,67,77)(H,69,75)(H,78,79)(H2,80,81,82)/t26-,34-,35+,37-/m0/s1. The van der Waals surface area contributed by atoms with Crippen LogP contribution in [0.5, 0.6) is 5.75 Å². The molecule has 3 aromatic carbocycles. The van der Waals surface area contributed by atoms with Crippen molar-refractivity contribution in [2.24, 2.45) is 5.92 Å². The number of aliphatic carboxylic acids is 1. The largest absolute Gasteiger partial charge is 0.524 e. The number of halogens is 11. The van der Waals surface area contributed by atoms with Gasteiger partial charge < -0.3 is 20.3 Å². The Morgan fingerprint density at radius 2 is 1.53 bits per heavy atom. The average Bonchev–Trinajstić information content (AvgIpc) is 1.52. The van der Waals surface area contributed by atoms with E-state index in [1.165, 1.54) is 34.6 Å². The molecule has 2 aliphatic rings. The maximum atomic E-state index is 15.8. The molecule has 35 heteroatoms. The molecule has 484 valence electrons. The Morgan fingerprint density at radius 3 is 2.10 bits per heavy atom. The molecule has 8 rings (SSSR count). The van der Waals surface area contributed by atoms with Crippen LogP contribution >= 0.6 is 19.4 Å². The second kappa shape index (κ2) is 23.6. The second-order valence-electron chi connectivity index (χ2n) is 22.8. The average molecular weight is 1350 g/mol. The van der Waals surface area contributed by atoms with Gasteiger partial charge >= 0.3 is 26.1 Å². The van der Waals surface area contributed by atoms with E-state index < -0.39 is 208 Å². The SMILES string of the molecule is Cc1cc(C(=O)N[C@@H](C)C(=O)O)cc(OP(=O)(O)O)c1C(C)(C)CC(=O)N(c1nn(CC(F)(F)F)c2c(-c3ccc(C#CC(C)(C)S(C)(=O)=O)nc3[C@H](Cc3cc(F)cc(F)c3)NC(=O)Cn3nc(C(F)(F)F)c4c3C(F)(F)[C@@H]3C[C@H]43)ccc(Cl)c12)S(C)(=O)=O. The molecule has 0 radical (unpaired) electrons. The second-order valence-corrected chi connectivity index (χ2v) is 28.7. The third kappa shape index (κ3) is 14.3. The number of amides is 3. The van der Waals surface area contributed by atoms with Gasteiger partial charge in [0.2, 0.25) is 21.8 Å². The molecule has 4 atom stereocenters. The number of phosphoric ester groups is 1. The van der Waals surface area contributed by atoms with Crippen LogP contribution in [0.2, 0.25) is 5.02 Å². The van der Waals surface area contributed by atoms with Gasteiger partial charge in [-0.3, -0.25) is 38.3 Å². The zero-order valence-corrected chi connectivity index (χ0v) is 51.4. The van der Waals surface area contributed by atoms with Gasteiger partial charge in [-0.25, -0.2) is 35.2 Å². The van der Waals surface area contributed by atoms with Gasteiger partial charge in [-0.15, -0.1) is 0 Å². The predicted octanol–water partition coefficient (Wildman–Crippen LogP) is 8.93. The van der Waals surface area contributed by atoms with Gasteiger partial charge in [0.05, 0.1) is 33.9 Å². The van der Waals surface area contributed by atoms with Crippen molar-refractivity contribution in [3.8, 4) is 28.7 Å². The lowest BCUT2D eigenvalue weighted by Crippen LogP contribution is -2.40. The van der Waals surface area contributed by atoms with E-state index in [9.17, 15) is 81.8 Å². The molecule has 0 aliphatic heterocycles. The molecule has 6 aromatic rings. The maximum Gasteiger partial charge on any atom is 0.524 e. The summed E-state index contributed by atoms with van der Waals surface area (Å²) in [5.41, 5.74) is -9.19. The lowest BCUT2D eigenvalue weighted by Gasteiger charge is -2.31. The number of carboxylic acids is 1. The third-order valence-corrected chi connectivity index (χ3v) is 18.6. The van der Waals surface area contributed by atoms with E-state index >= 15 is 17.6 Å². The monoisotopic (exact) mass is 1350 g/mol. The van der Waals surface area contributed by atoms with Gasteiger partial charge in [-0.1, -0.05) is 37.4 Å². The first-order chi connectivity index (χ1) is 41.1. The number of carbonyl (C=O) groups excluding carboxylic acids is 3. The number of hydrogen-bond donors (Lipinski definition) is 5. The van der Waals surface area contributed by atoms with E-state index in [0.29, 0.717) is 12.3 Å². The topological polar surface area (TPSA) is 299 Å². The number of hydrogen-bond acceptors (Lipinski definition) is 13. The number of carboxylic acid groups (broad SMARTS) is 1. The quantitative estimate of drug-likeness (QED) is 0.0287. The molecule has 3 aromatic heterocycles. The number of alkyl halides is 8. The molecule has 5 N–H and O–H groups in total. The number of sulfonamides is 1. The zero-order valence-electron chi connectivity index (χ0n) is 48.1. The van der Waals surface area contributed by atoms with Crippen molar-refractivity contribution in [1.82, 2.24) is 35.2 Å². The predicted molar refractivity (Wildman–Crippen MR) is 301 cm³/mol. The number of fused-ring (bicyclic) bond motifs is 4. The van der Waals surface area contributed by atoms with Crippen molar-refractivity contribution in [2.45, 2.75) is 120 Å². The first-order valence-electron chi connectivity index (χ1n) is 26.4. The van der Waals surface area contributed by atoms with Crippen molar-refractivity contribution in [3.63, 3.8) is 0 Å². The third-order valence-electron chi connectivity index (χ3n) is 14.8. The number of phosphoric acid groups is 1. The van der Waals surface area contributed by atoms with Gasteiger partial charge in [0.1, 0.15) is 52.7 Å². The Morgan fingerprint density at radius 1 is 0.911 bits per heavy atom. The van der Waals surface area contributed by atoms with Gasteiger partial charge in [0, 0.05) is 57.9 Å². The summed E-state index contributed by atoms with van der Waals surface area (Å²) in [6, 6.07) is 4.70. The fourth-order valence-electron chi connectivity index (χ4n) is 10.7. The number of carbonyl (C=O) groups is 4. The van der Waals surface area contributed by atoms with Crippen molar-refractivity contribution < 1.29 is 104 Å². The highest BCUT2D eigenvalue weighted by molar-refractivity contribution is 7.93. The fourth-order valence-corrected chi connectivity index (χ4v) is 12.4. The minimum absolute atomic E-state index is 0.0281. The molecule has 0 unspecified atom stereocenters. The minimum Gasteiger partial charge on any atom is -0.480 e. The molecule has 2 aliphatic carbocycles. The van der Waals surface area contributed by atoms with Gasteiger partial charge in [-0.2, -0.15) is 49.6 Å². The van der Waals surface area contributed by atoms with Crippen LogP contribution < -0.4 is 19.5 Å². The van der Waals surface area contributed by atoms with Crippen LogP contribution in [-0.2, 0) is 75.8 Å². The molecule has 3 amide bonds. The van der Waals surface area contributed by atoms with Crippen LogP contribution in [0.25, 0.3) is 22.0 Å². The van der Waals surface area contributed by atoms with Gasteiger partial charge in [-0.05, 0) is 106 Å². The Labute approximate surface area is 510 Å². The Bertz CT molecular complexity index is 4330. The number of aryl methyl sites for hydroxylation is 1. The molecule has 90 heavy (non-hydrogen) atoms. The number of anilines is 1. The molecular formula is C55H52ClF10N8O13PS2. The summed E-state index contributed by atoms with van der Waals surface area (Å²) < 4.78 is 219. The Hall–Kier alpha value is -7.63. The minimum atomic E-state index is -5.57. The number of nitrogens with zero attached hydrogens (tertiary/aromatic N) is 6. The van der Waals surface area contributed by atoms with E-state index in [0.717, 1.165) is 61.7 Å². The van der Waals surface area contributed by atoms with Gasteiger partial charge in [0.15, 0.2) is 21.3 Å². The van der Waals surface area contributed by atoms with Crippen molar-refractivity contribution in [1.29, 1.82) is 0 Å². The normalized spacial score (nSPS) is 16.5. The van der Waals surface area contributed by atoms with E-state index in [4.69, 9.17) is 16.1 Å². The van der Waals surface area contributed by atoms with Crippen molar-refractivity contribution in [3.05, 3.63) is 122 Å². The summed E-state index contributed by atoms with van der Waals surface area (Å²) in [5.74, 6) is -11.4. The summed E-state index contributed by atoms with van der Waals surface area (Å²) in [5, 5.41) is 19.9. The molecule has 0 saturated heterocycles. The molecule has 1 fully saturated rings. The fraction of sp³-hybridized carbons (Fsp3) is 0.400. The number of sulfone groups is 1. The van der Waals surface area contributed by atoms with E-state index in [1.807, 2.05) is 0 Å².